The van der Waals surface area contributed by atoms with Gasteiger partial charge < -0.3 is 15.6 Å². The number of halogens is 1. The van der Waals surface area contributed by atoms with Gasteiger partial charge in [0, 0.05) is 6.42 Å². The van der Waals surface area contributed by atoms with Crippen LogP contribution < -0.4 is 5.73 Å². The van der Waals surface area contributed by atoms with Gasteiger partial charge in [0.2, 0.25) is 5.54 Å². The Balaban J connectivity index is 2.84. The molecule has 0 spiro atoms. The quantitative estimate of drug-likeness (QED) is 0.559. The van der Waals surface area contributed by atoms with Crippen LogP contribution in [0.1, 0.15) is 39.0 Å². The van der Waals surface area contributed by atoms with Crippen LogP contribution in [0.15, 0.2) is 0 Å². The van der Waals surface area contributed by atoms with Gasteiger partial charge in [0.05, 0.1) is 6.61 Å². The van der Waals surface area contributed by atoms with Crippen molar-refractivity contribution in [2.45, 2.75) is 50.2 Å². The fourth-order valence-corrected chi connectivity index (χ4v) is 2.18. The minimum Gasteiger partial charge on any atom is -0.479 e. The van der Waals surface area contributed by atoms with Crippen molar-refractivity contribution in [2.24, 2.45) is 5.73 Å². The van der Waals surface area contributed by atoms with E-state index in [1.165, 1.54) is 0 Å². The molecule has 5 nitrogen and oxygen atoms in total. The first-order valence-corrected chi connectivity index (χ1v) is 5.72. The number of carbonyl (C=O) groups is 2. The highest BCUT2D eigenvalue weighted by molar-refractivity contribution is 6.03. The van der Waals surface area contributed by atoms with Gasteiger partial charge in [-0.3, -0.25) is 0 Å². The third-order valence-corrected chi connectivity index (χ3v) is 3.12. The Morgan fingerprint density at radius 2 is 2.00 bits per heavy atom. The van der Waals surface area contributed by atoms with Gasteiger partial charge in [-0.15, -0.1) is 0 Å². The van der Waals surface area contributed by atoms with E-state index in [1.807, 2.05) is 0 Å². The zero-order chi connectivity index (χ0) is 13.1. The van der Waals surface area contributed by atoms with Crippen LogP contribution in [-0.2, 0) is 14.3 Å². The molecule has 0 aromatic carbocycles. The molecule has 0 aliphatic heterocycles. The normalized spacial score (nSPS) is 21.8. The average molecular weight is 247 g/mol. The molecule has 0 aromatic rings. The highest BCUT2D eigenvalue weighted by Gasteiger charge is 2.51. The Morgan fingerprint density at radius 3 is 2.41 bits per heavy atom. The van der Waals surface area contributed by atoms with E-state index < -0.39 is 29.6 Å². The Morgan fingerprint density at radius 1 is 1.47 bits per heavy atom. The van der Waals surface area contributed by atoms with Crippen LogP contribution in [0.3, 0.4) is 0 Å². The van der Waals surface area contributed by atoms with Crippen molar-refractivity contribution in [3.8, 4) is 0 Å². The van der Waals surface area contributed by atoms with Gasteiger partial charge in [-0.05, 0) is 19.8 Å². The van der Waals surface area contributed by atoms with Crippen molar-refractivity contribution >= 4 is 11.9 Å². The molecular weight excluding hydrogens is 229 g/mol. The number of carboxylic acids is 1. The summed E-state index contributed by atoms with van der Waals surface area (Å²) in [6.45, 7) is 1.56. The summed E-state index contributed by atoms with van der Waals surface area (Å²) >= 11 is 0. The van der Waals surface area contributed by atoms with Gasteiger partial charge in [0.15, 0.2) is 0 Å². The summed E-state index contributed by atoms with van der Waals surface area (Å²) < 4.78 is 18.8. The van der Waals surface area contributed by atoms with Gasteiger partial charge in [-0.1, -0.05) is 12.8 Å². The molecule has 17 heavy (non-hydrogen) atoms. The molecule has 0 bridgehead atoms. The summed E-state index contributed by atoms with van der Waals surface area (Å²) in [6.07, 6.45) is 1.36. The Bertz CT molecular complexity index is 315. The van der Waals surface area contributed by atoms with E-state index in [-0.39, 0.29) is 19.4 Å². The van der Waals surface area contributed by atoms with Crippen molar-refractivity contribution in [3.05, 3.63) is 0 Å². The van der Waals surface area contributed by atoms with E-state index in [9.17, 15) is 14.0 Å². The first kappa shape index (κ1) is 13.9. The number of hydrogen-bond donors (Lipinski definition) is 2. The lowest BCUT2D eigenvalue weighted by molar-refractivity contribution is -0.163. The Hall–Kier alpha value is -1.17. The van der Waals surface area contributed by atoms with E-state index in [0.29, 0.717) is 12.8 Å². The van der Waals surface area contributed by atoms with Crippen LogP contribution in [0.2, 0.25) is 0 Å². The summed E-state index contributed by atoms with van der Waals surface area (Å²) in [5.74, 6) is -2.61. The van der Waals surface area contributed by atoms with Gasteiger partial charge in [0.25, 0.3) is 0 Å². The van der Waals surface area contributed by atoms with Gasteiger partial charge in [-0.25, -0.2) is 14.0 Å². The molecule has 0 saturated heterocycles. The maximum absolute atomic E-state index is 14.2. The number of hydrogen-bond acceptors (Lipinski definition) is 4. The zero-order valence-corrected chi connectivity index (χ0v) is 9.87. The molecule has 0 aromatic heterocycles. The highest BCUT2D eigenvalue weighted by Crippen LogP contribution is 2.39. The minimum absolute atomic E-state index is 0.0182. The van der Waals surface area contributed by atoms with E-state index in [2.05, 4.69) is 4.74 Å². The number of nitrogens with two attached hydrogens (primary N) is 1. The summed E-state index contributed by atoms with van der Waals surface area (Å²) in [5, 5.41) is 9.01. The highest BCUT2D eigenvalue weighted by atomic mass is 19.1. The molecule has 1 fully saturated rings. The smallest absolute Gasteiger partial charge is 0.337 e. The fraction of sp³-hybridized carbons (Fsp3) is 0.818. The SMILES string of the molecule is CCOC(=O)C(N)(CC1(F)CCCC1)C(=O)O. The fourth-order valence-electron chi connectivity index (χ4n) is 2.18. The second-order valence-corrected chi connectivity index (χ2v) is 4.53. The van der Waals surface area contributed by atoms with Crippen LogP contribution in [0, 0.1) is 0 Å². The van der Waals surface area contributed by atoms with Crippen LogP contribution in [0.4, 0.5) is 4.39 Å². The monoisotopic (exact) mass is 247 g/mol. The van der Waals surface area contributed by atoms with Crippen LogP contribution in [0.25, 0.3) is 0 Å². The van der Waals surface area contributed by atoms with Crippen molar-refractivity contribution in [1.82, 2.24) is 0 Å². The second kappa shape index (κ2) is 5.00. The molecule has 1 rings (SSSR count). The molecule has 1 aliphatic carbocycles. The molecule has 0 amide bonds. The number of rotatable bonds is 5. The van der Waals surface area contributed by atoms with Crippen LogP contribution in [-0.4, -0.2) is 34.9 Å². The number of carbonyl (C=O) groups excluding carboxylic acids is 1. The molecular formula is C11H18FNO4. The van der Waals surface area contributed by atoms with E-state index >= 15 is 0 Å². The average Bonchev–Trinajstić information content (AvgIpc) is 2.64. The molecule has 1 aliphatic rings. The van der Waals surface area contributed by atoms with E-state index in [1.54, 1.807) is 6.92 Å². The zero-order valence-electron chi connectivity index (χ0n) is 9.87. The molecule has 1 atom stereocenters. The maximum atomic E-state index is 14.2. The van der Waals surface area contributed by atoms with Gasteiger partial charge >= 0.3 is 11.9 Å². The summed E-state index contributed by atoms with van der Waals surface area (Å²) in [6, 6.07) is 0. The standard InChI is InChI=1S/C11H18FNO4/c1-2-17-9(16)11(13,8(14)15)7-10(12)5-3-4-6-10/h2-7,13H2,1H3,(H,14,15). The van der Waals surface area contributed by atoms with E-state index in [0.717, 1.165) is 0 Å². The molecule has 0 heterocycles. The lowest BCUT2D eigenvalue weighted by Gasteiger charge is -2.29. The second-order valence-electron chi connectivity index (χ2n) is 4.53. The molecule has 98 valence electrons. The summed E-state index contributed by atoms with van der Waals surface area (Å²) in [5.41, 5.74) is 1.57. The van der Waals surface area contributed by atoms with Crippen molar-refractivity contribution in [1.29, 1.82) is 0 Å². The lowest BCUT2D eigenvalue weighted by atomic mass is 9.85. The predicted octanol–water partition coefficient (Wildman–Crippen LogP) is 1.00. The molecule has 0 radical (unpaired) electrons. The summed E-state index contributed by atoms with van der Waals surface area (Å²) in [4.78, 5) is 22.6. The van der Waals surface area contributed by atoms with Gasteiger partial charge in [-0.2, -0.15) is 0 Å². The predicted molar refractivity (Wildman–Crippen MR) is 58.1 cm³/mol. The Labute approximate surface area is 99.1 Å². The minimum atomic E-state index is -2.28. The third-order valence-electron chi connectivity index (χ3n) is 3.12. The third kappa shape index (κ3) is 2.94. The van der Waals surface area contributed by atoms with Crippen LogP contribution >= 0.6 is 0 Å². The largest absolute Gasteiger partial charge is 0.479 e. The molecule has 1 unspecified atom stereocenters. The summed E-state index contributed by atoms with van der Waals surface area (Å²) in [7, 11) is 0. The topological polar surface area (TPSA) is 89.6 Å². The number of aliphatic carboxylic acids is 1. The molecule has 1 saturated carbocycles. The maximum Gasteiger partial charge on any atom is 0.337 e. The lowest BCUT2D eigenvalue weighted by Crippen LogP contribution is -2.58. The first-order chi connectivity index (χ1) is 7.84. The van der Waals surface area contributed by atoms with Crippen molar-refractivity contribution < 1.29 is 23.8 Å². The number of alkyl halides is 1. The van der Waals surface area contributed by atoms with Crippen LogP contribution in [0.5, 0.6) is 0 Å². The van der Waals surface area contributed by atoms with Crippen molar-refractivity contribution in [2.75, 3.05) is 6.61 Å². The number of esters is 1. The van der Waals surface area contributed by atoms with Gasteiger partial charge in [0.1, 0.15) is 5.67 Å². The number of ether oxygens (including phenoxy) is 1. The Kier molecular flexibility index (Phi) is 4.08. The molecule has 3 N–H and O–H groups in total. The molecule has 6 heteroatoms. The first-order valence-electron chi connectivity index (χ1n) is 5.72. The van der Waals surface area contributed by atoms with E-state index in [4.69, 9.17) is 10.8 Å². The van der Waals surface area contributed by atoms with Crippen molar-refractivity contribution in [3.63, 3.8) is 0 Å². The number of carboxylic acid groups (broad SMARTS) is 1.